The molecule has 1 aromatic heterocycles. The van der Waals surface area contributed by atoms with Gasteiger partial charge in [-0.2, -0.15) is 0 Å². The summed E-state index contributed by atoms with van der Waals surface area (Å²) in [5, 5.41) is 3.73. The Morgan fingerprint density at radius 2 is 2.40 bits per heavy atom. The van der Waals surface area contributed by atoms with Gasteiger partial charge in [0.2, 0.25) is 0 Å². The summed E-state index contributed by atoms with van der Waals surface area (Å²) < 4.78 is 0. The van der Waals surface area contributed by atoms with Gasteiger partial charge >= 0.3 is 0 Å². The van der Waals surface area contributed by atoms with Crippen LogP contribution in [0.15, 0.2) is 12.3 Å². The second-order valence-electron chi connectivity index (χ2n) is 3.63. The third-order valence-corrected chi connectivity index (χ3v) is 2.90. The fraction of sp³-hybridized carbons (Fsp3) is 0.500. The highest BCUT2D eigenvalue weighted by Gasteiger charge is 2.28. The molecule has 1 aromatic rings. The zero-order valence-corrected chi connectivity index (χ0v) is 9.34. The lowest BCUT2D eigenvalue weighted by molar-refractivity contribution is 0.0625. The maximum Gasteiger partial charge on any atom is 0.270 e. The van der Waals surface area contributed by atoms with Gasteiger partial charge in [-0.1, -0.05) is 11.6 Å². The predicted octanol–water partition coefficient (Wildman–Crippen LogP) is 1.10. The molecule has 15 heavy (non-hydrogen) atoms. The Balaban J connectivity index is 2.10. The monoisotopic (exact) mass is 227 g/mol. The van der Waals surface area contributed by atoms with Crippen molar-refractivity contribution in [2.75, 3.05) is 19.6 Å². The molecule has 82 valence electrons. The van der Waals surface area contributed by atoms with Crippen LogP contribution in [0.1, 0.15) is 17.4 Å². The van der Waals surface area contributed by atoms with Gasteiger partial charge in [0.15, 0.2) is 0 Å². The maximum absolute atomic E-state index is 12.0. The van der Waals surface area contributed by atoms with E-state index in [0.29, 0.717) is 16.8 Å². The predicted molar refractivity (Wildman–Crippen MR) is 59.2 cm³/mol. The summed E-state index contributed by atoms with van der Waals surface area (Å²) in [5.41, 5.74) is 0.564. The summed E-state index contributed by atoms with van der Waals surface area (Å²) in [4.78, 5) is 16.8. The Kier molecular flexibility index (Phi) is 2.98. The number of likely N-dealkylation sites (N-methyl/N-ethyl adjacent to an activating group) is 1. The number of aromatic nitrogens is 1. The summed E-state index contributed by atoms with van der Waals surface area (Å²) in [6.07, 6.45) is 1.63. The molecule has 2 N–H and O–H groups in total. The molecule has 1 aliphatic heterocycles. The molecular formula is C10H14ClN3O. The van der Waals surface area contributed by atoms with E-state index >= 15 is 0 Å². The molecule has 0 saturated carbocycles. The van der Waals surface area contributed by atoms with Crippen LogP contribution in [0.25, 0.3) is 0 Å². The summed E-state index contributed by atoms with van der Waals surface area (Å²) in [7, 11) is 0. The van der Waals surface area contributed by atoms with Crippen molar-refractivity contribution < 1.29 is 4.79 Å². The average Bonchev–Trinajstić information content (AvgIpc) is 2.57. The first kappa shape index (κ1) is 10.5. The van der Waals surface area contributed by atoms with Crippen molar-refractivity contribution in [3.8, 4) is 0 Å². The smallest absolute Gasteiger partial charge is 0.270 e. The van der Waals surface area contributed by atoms with Crippen LogP contribution < -0.4 is 5.32 Å². The fourth-order valence-corrected chi connectivity index (χ4v) is 1.87. The minimum absolute atomic E-state index is 0.0240. The lowest BCUT2D eigenvalue weighted by atomic mass is 10.1. The van der Waals surface area contributed by atoms with E-state index in [1.54, 1.807) is 12.3 Å². The van der Waals surface area contributed by atoms with Crippen LogP contribution in [0.2, 0.25) is 5.02 Å². The van der Waals surface area contributed by atoms with Crippen molar-refractivity contribution in [1.82, 2.24) is 15.2 Å². The van der Waals surface area contributed by atoms with E-state index in [1.165, 1.54) is 0 Å². The Bertz CT molecular complexity index is 359. The van der Waals surface area contributed by atoms with Crippen LogP contribution in [-0.2, 0) is 0 Å². The molecule has 0 unspecified atom stereocenters. The van der Waals surface area contributed by atoms with Crippen LogP contribution in [0.4, 0.5) is 0 Å². The lowest BCUT2D eigenvalue weighted by Crippen LogP contribution is -2.58. The summed E-state index contributed by atoms with van der Waals surface area (Å²) >= 11 is 5.77. The van der Waals surface area contributed by atoms with E-state index in [-0.39, 0.29) is 5.91 Å². The quantitative estimate of drug-likeness (QED) is 0.813. The summed E-state index contributed by atoms with van der Waals surface area (Å²) in [6.45, 7) is 4.48. The van der Waals surface area contributed by atoms with Gasteiger partial charge in [-0.05, 0) is 13.0 Å². The molecule has 2 rings (SSSR count). The topological polar surface area (TPSA) is 48.1 Å². The van der Waals surface area contributed by atoms with Gasteiger partial charge in [-0.3, -0.25) is 4.79 Å². The SMILES string of the molecule is CCN(C(=O)c1cc(Cl)c[nH]1)C1CNC1. The van der Waals surface area contributed by atoms with E-state index in [0.717, 1.165) is 19.6 Å². The number of rotatable bonds is 3. The molecule has 1 fully saturated rings. The van der Waals surface area contributed by atoms with E-state index in [1.807, 2.05) is 11.8 Å². The molecule has 0 aliphatic carbocycles. The van der Waals surface area contributed by atoms with Gasteiger partial charge in [-0.25, -0.2) is 0 Å². The average molecular weight is 228 g/mol. The van der Waals surface area contributed by atoms with Gasteiger partial charge in [0.25, 0.3) is 5.91 Å². The molecular weight excluding hydrogens is 214 g/mol. The third kappa shape index (κ3) is 2.01. The fourth-order valence-electron chi connectivity index (χ4n) is 1.71. The van der Waals surface area contributed by atoms with Gasteiger partial charge in [0, 0.05) is 25.8 Å². The highest BCUT2D eigenvalue weighted by atomic mass is 35.5. The molecule has 5 heteroatoms. The summed E-state index contributed by atoms with van der Waals surface area (Å²) in [6, 6.07) is 1.99. The molecule has 4 nitrogen and oxygen atoms in total. The number of carbonyl (C=O) groups excluding carboxylic acids is 1. The zero-order valence-electron chi connectivity index (χ0n) is 8.59. The molecule has 2 heterocycles. The lowest BCUT2D eigenvalue weighted by Gasteiger charge is -2.37. The van der Waals surface area contributed by atoms with Crippen LogP contribution >= 0.6 is 11.6 Å². The number of nitrogens with one attached hydrogen (secondary N) is 2. The van der Waals surface area contributed by atoms with Crippen molar-refractivity contribution in [3.63, 3.8) is 0 Å². The van der Waals surface area contributed by atoms with Crippen molar-refractivity contribution in [2.24, 2.45) is 0 Å². The van der Waals surface area contributed by atoms with Crippen LogP contribution in [-0.4, -0.2) is 41.5 Å². The van der Waals surface area contributed by atoms with Crippen molar-refractivity contribution >= 4 is 17.5 Å². The molecule has 1 aliphatic rings. The van der Waals surface area contributed by atoms with Crippen molar-refractivity contribution in [1.29, 1.82) is 0 Å². The number of nitrogens with zero attached hydrogens (tertiary/aromatic N) is 1. The first-order valence-corrected chi connectivity index (χ1v) is 5.45. The first-order chi connectivity index (χ1) is 7.22. The number of amides is 1. The molecule has 0 aromatic carbocycles. The second kappa shape index (κ2) is 4.24. The Morgan fingerprint density at radius 3 is 2.80 bits per heavy atom. The van der Waals surface area contributed by atoms with Crippen LogP contribution in [0.3, 0.4) is 0 Å². The Labute approximate surface area is 93.6 Å². The molecule has 0 spiro atoms. The number of halogens is 1. The van der Waals surface area contributed by atoms with Crippen LogP contribution in [0.5, 0.6) is 0 Å². The Morgan fingerprint density at radius 1 is 1.67 bits per heavy atom. The molecule has 1 saturated heterocycles. The van der Waals surface area contributed by atoms with Crippen LogP contribution in [0, 0.1) is 0 Å². The summed E-state index contributed by atoms with van der Waals surface area (Å²) in [5.74, 6) is 0.0240. The zero-order chi connectivity index (χ0) is 10.8. The van der Waals surface area contributed by atoms with Gasteiger partial charge in [0.05, 0.1) is 11.1 Å². The van der Waals surface area contributed by atoms with Crippen molar-refractivity contribution in [2.45, 2.75) is 13.0 Å². The van der Waals surface area contributed by atoms with E-state index in [9.17, 15) is 4.79 Å². The van der Waals surface area contributed by atoms with E-state index < -0.39 is 0 Å². The number of aromatic amines is 1. The van der Waals surface area contributed by atoms with E-state index in [2.05, 4.69) is 10.3 Å². The maximum atomic E-state index is 12.0. The molecule has 1 amide bonds. The van der Waals surface area contributed by atoms with Gasteiger partial charge < -0.3 is 15.2 Å². The van der Waals surface area contributed by atoms with Crippen molar-refractivity contribution in [3.05, 3.63) is 23.0 Å². The highest BCUT2D eigenvalue weighted by Crippen LogP contribution is 2.14. The minimum Gasteiger partial charge on any atom is -0.356 e. The number of carbonyl (C=O) groups is 1. The molecule has 0 atom stereocenters. The highest BCUT2D eigenvalue weighted by molar-refractivity contribution is 6.30. The first-order valence-electron chi connectivity index (χ1n) is 5.08. The number of hydrogen-bond donors (Lipinski definition) is 2. The number of H-pyrrole nitrogens is 1. The number of hydrogen-bond acceptors (Lipinski definition) is 2. The second-order valence-corrected chi connectivity index (χ2v) is 4.07. The van der Waals surface area contributed by atoms with E-state index in [4.69, 9.17) is 11.6 Å². The normalized spacial score (nSPS) is 16.1. The van der Waals surface area contributed by atoms with Gasteiger partial charge in [-0.15, -0.1) is 0 Å². The largest absolute Gasteiger partial charge is 0.356 e. The standard InChI is InChI=1S/C10H14ClN3O/c1-2-14(8-5-12-6-8)10(15)9-3-7(11)4-13-9/h3-4,8,12-13H,2,5-6H2,1H3. The Hall–Kier alpha value is -1.00. The molecule has 0 bridgehead atoms. The molecule has 0 radical (unpaired) electrons. The minimum atomic E-state index is 0.0240. The van der Waals surface area contributed by atoms with Gasteiger partial charge in [0.1, 0.15) is 5.69 Å². The third-order valence-electron chi connectivity index (χ3n) is 2.68.